The molecular formula is C11H11F4NOS. The quantitative estimate of drug-likeness (QED) is 0.512. The predicted molar refractivity (Wildman–Crippen MR) is 62.6 cm³/mol. The van der Waals surface area contributed by atoms with Crippen LogP contribution in [0.2, 0.25) is 0 Å². The first-order valence-electron chi connectivity index (χ1n) is 5.03. The molecule has 0 fully saturated rings. The minimum Gasteiger partial charge on any atom is -0.389 e. The molecule has 0 saturated carbocycles. The Labute approximate surface area is 107 Å². The van der Waals surface area contributed by atoms with Crippen LogP contribution in [0.3, 0.4) is 0 Å². The van der Waals surface area contributed by atoms with Gasteiger partial charge in [0.15, 0.2) is 0 Å². The summed E-state index contributed by atoms with van der Waals surface area (Å²) in [5, 5.41) is 0. The molecule has 1 aromatic carbocycles. The van der Waals surface area contributed by atoms with Gasteiger partial charge in [0.2, 0.25) is 0 Å². The number of nitrogens with two attached hydrogens (primary N) is 1. The van der Waals surface area contributed by atoms with Gasteiger partial charge >= 0.3 is 6.18 Å². The monoisotopic (exact) mass is 281 g/mol. The summed E-state index contributed by atoms with van der Waals surface area (Å²) in [6.45, 7) is -0.765. The van der Waals surface area contributed by atoms with Gasteiger partial charge in [-0.05, 0) is 6.07 Å². The van der Waals surface area contributed by atoms with Gasteiger partial charge in [-0.25, -0.2) is 4.39 Å². The first-order valence-corrected chi connectivity index (χ1v) is 5.44. The second-order valence-electron chi connectivity index (χ2n) is 3.56. The molecule has 1 rings (SSSR count). The van der Waals surface area contributed by atoms with Crippen molar-refractivity contribution >= 4 is 17.2 Å². The summed E-state index contributed by atoms with van der Waals surface area (Å²) in [4.78, 5) is -0.107. The van der Waals surface area contributed by atoms with Crippen LogP contribution >= 0.6 is 12.2 Å². The Morgan fingerprint density at radius 3 is 2.56 bits per heavy atom. The number of rotatable bonds is 5. The van der Waals surface area contributed by atoms with Crippen molar-refractivity contribution in [3.05, 3.63) is 35.1 Å². The van der Waals surface area contributed by atoms with Crippen LogP contribution in [0.4, 0.5) is 17.6 Å². The molecule has 0 saturated heterocycles. The summed E-state index contributed by atoms with van der Waals surface area (Å²) in [6, 6.07) is 4.32. The second-order valence-corrected chi connectivity index (χ2v) is 4.00. The third-order valence-corrected chi connectivity index (χ3v) is 2.35. The number of benzene rings is 1. The maximum atomic E-state index is 13.7. The van der Waals surface area contributed by atoms with E-state index in [1.807, 2.05) is 0 Å². The van der Waals surface area contributed by atoms with Crippen molar-refractivity contribution in [1.29, 1.82) is 0 Å². The fourth-order valence-electron chi connectivity index (χ4n) is 1.25. The minimum absolute atomic E-state index is 0.0573. The number of hydrogen-bond donors (Lipinski definition) is 1. The maximum absolute atomic E-state index is 13.7. The highest BCUT2D eigenvalue weighted by Crippen LogP contribution is 2.20. The van der Waals surface area contributed by atoms with Crippen LogP contribution in [0.25, 0.3) is 0 Å². The molecule has 0 aliphatic rings. The van der Waals surface area contributed by atoms with E-state index < -0.39 is 25.0 Å². The molecule has 0 aliphatic heterocycles. The highest BCUT2D eigenvalue weighted by atomic mass is 32.1. The molecule has 0 aliphatic carbocycles. The molecule has 0 unspecified atom stereocenters. The molecule has 2 nitrogen and oxygen atoms in total. The zero-order chi connectivity index (χ0) is 13.8. The van der Waals surface area contributed by atoms with Gasteiger partial charge in [-0.15, -0.1) is 0 Å². The third-order valence-electron chi connectivity index (χ3n) is 2.13. The molecular weight excluding hydrogens is 270 g/mol. The average Bonchev–Trinajstić information content (AvgIpc) is 2.24. The molecule has 1 aromatic rings. The topological polar surface area (TPSA) is 35.2 Å². The first-order chi connectivity index (χ1) is 8.31. The molecule has 0 aromatic heterocycles. The van der Waals surface area contributed by atoms with E-state index in [0.29, 0.717) is 0 Å². The van der Waals surface area contributed by atoms with Crippen LogP contribution in [0.15, 0.2) is 18.2 Å². The highest BCUT2D eigenvalue weighted by Gasteiger charge is 2.26. The van der Waals surface area contributed by atoms with Gasteiger partial charge in [0.1, 0.15) is 10.8 Å². The maximum Gasteiger partial charge on any atom is 0.391 e. The van der Waals surface area contributed by atoms with Crippen LogP contribution in [-0.4, -0.2) is 17.8 Å². The fraction of sp³-hybridized carbons (Fsp3) is 0.364. The van der Waals surface area contributed by atoms with Crippen molar-refractivity contribution in [2.75, 3.05) is 6.61 Å². The lowest BCUT2D eigenvalue weighted by Gasteiger charge is -2.09. The van der Waals surface area contributed by atoms with Crippen molar-refractivity contribution in [2.24, 2.45) is 5.73 Å². The van der Waals surface area contributed by atoms with E-state index in [-0.39, 0.29) is 22.7 Å². The van der Waals surface area contributed by atoms with Gasteiger partial charge in [0.25, 0.3) is 0 Å². The van der Waals surface area contributed by atoms with Gasteiger partial charge in [0, 0.05) is 11.1 Å². The Morgan fingerprint density at radius 2 is 2.00 bits per heavy atom. The Hall–Kier alpha value is -1.21. The lowest BCUT2D eigenvalue weighted by atomic mass is 10.1. The van der Waals surface area contributed by atoms with Gasteiger partial charge in [-0.1, -0.05) is 24.4 Å². The van der Waals surface area contributed by atoms with E-state index >= 15 is 0 Å². The summed E-state index contributed by atoms with van der Waals surface area (Å²) >= 11 is 4.64. The zero-order valence-corrected chi connectivity index (χ0v) is 10.1. The van der Waals surface area contributed by atoms with Gasteiger partial charge in [0.05, 0.1) is 19.6 Å². The van der Waals surface area contributed by atoms with E-state index in [1.165, 1.54) is 18.2 Å². The standard InChI is InChI=1S/C11H11F4NOS/c12-9-7(2-1-3-8(9)10(16)18)6-17-5-4-11(13,14)15/h1-3H,4-6H2,(H2,16,18). The minimum atomic E-state index is -4.28. The van der Waals surface area contributed by atoms with Crippen molar-refractivity contribution < 1.29 is 22.3 Å². The predicted octanol–water partition coefficient (Wildman–Crippen LogP) is 2.93. The van der Waals surface area contributed by atoms with Gasteiger partial charge in [-0.2, -0.15) is 13.2 Å². The normalized spacial score (nSPS) is 11.6. The number of thiocarbonyl (C=S) groups is 1. The van der Waals surface area contributed by atoms with E-state index in [0.717, 1.165) is 0 Å². The second kappa shape index (κ2) is 6.10. The van der Waals surface area contributed by atoms with Crippen molar-refractivity contribution in [3.63, 3.8) is 0 Å². The largest absolute Gasteiger partial charge is 0.391 e. The Bertz CT molecular complexity index is 434. The van der Waals surface area contributed by atoms with E-state index in [4.69, 9.17) is 10.5 Å². The Balaban J connectivity index is 2.58. The van der Waals surface area contributed by atoms with Gasteiger partial charge < -0.3 is 10.5 Å². The number of ether oxygens (including phenoxy) is 1. The van der Waals surface area contributed by atoms with Crippen LogP contribution in [-0.2, 0) is 11.3 Å². The summed E-state index contributed by atoms with van der Waals surface area (Å²) in [5.41, 5.74) is 5.48. The van der Waals surface area contributed by atoms with Crippen molar-refractivity contribution in [3.8, 4) is 0 Å². The van der Waals surface area contributed by atoms with Crippen molar-refractivity contribution in [1.82, 2.24) is 0 Å². The molecule has 0 heterocycles. The number of halogens is 4. The van der Waals surface area contributed by atoms with E-state index in [9.17, 15) is 17.6 Å². The lowest BCUT2D eigenvalue weighted by Crippen LogP contribution is -2.14. The molecule has 100 valence electrons. The molecule has 0 radical (unpaired) electrons. The summed E-state index contributed by atoms with van der Waals surface area (Å²) in [5.74, 6) is -0.656. The van der Waals surface area contributed by atoms with Crippen LogP contribution < -0.4 is 5.73 Å². The molecule has 0 amide bonds. The Morgan fingerprint density at radius 1 is 1.33 bits per heavy atom. The summed E-state index contributed by atoms with van der Waals surface area (Å²) in [7, 11) is 0. The smallest absolute Gasteiger partial charge is 0.389 e. The molecule has 0 atom stereocenters. The summed E-state index contributed by atoms with van der Waals surface area (Å²) < 4.78 is 54.0. The molecule has 0 bridgehead atoms. The van der Waals surface area contributed by atoms with Crippen LogP contribution in [0.1, 0.15) is 17.5 Å². The molecule has 7 heteroatoms. The Kier molecular flexibility index (Phi) is 5.03. The SMILES string of the molecule is NC(=S)c1cccc(COCCC(F)(F)F)c1F. The van der Waals surface area contributed by atoms with Crippen LogP contribution in [0, 0.1) is 5.82 Å². The molecule has 18 heavy (non-hydrogen) atoms. The number of alkyl halides is 3. The first kappa shape index (κ1) is 14.8. The van der Waals surface area contributed by atoms with E-state index in [1.54, 1.807) is 0 Å². The van der Waals surface area contributed by atoms with Crippen LogP contribution in [0.5, 0.6) is 0 Å². The molecule has 2 N–H and O–H groups in total. The number of hydrogen-bond acceptors (Lipinski definition) is 2. The fourth-order valence-corrected chi connectivity index (χ4v) is 1.41. The average molecular weight is 281 g/mol. The van der Waals surface area contributed by atoms with Gasteiger partial charge in [-0.3, -0.25) is 0 Å². The lowest BCUT2D eigenvalue weighted by molar-refractivity contribution is -0.146. The highest BCUT2D eigenvalue weighted by molar-refractivity contribution is 7.80. The zero-order valence-electron chi connectivity index (χ0n) is 9.26. The van der Waals surface area contributed by atoms with E-state index in [2.05, 4.69) is 12.2 Å². The third kappa shape index (κ3) is 4.58. The van der Waals surface area contributed by atoms with Crippen molar-refractivity contribution in [2.45, 2.75) is 19.2 Å². The summed E-state index contributed by atoms with van der Waals surface area (Å²) in [6.07, 6.45) is -5.34. The molecule has 0 spiro atoms.